The third-order valence-corrected chi connectivity index (χ3v) is 3.39. The number of benzene rings is 1. The summed E-state index contributed by atoms with van der Waals surface area (Å²) in [6, 6.07) is 2.43. The molecule has 2 N–H and O–H groups in total. The minimum Gasteiger partial charge on any atom is -0.490 e. The summed E-state index contributed by atoms with van der Waals surface area (Å²) in [6.45, 7) is 8.67. The molecule has 0 unspecified atom stereocenters. The molecule has 0 aromatic heterocycles. The summed E-state index contributed by atoms with van der Waals surface area (Å²) < 4.78 is 11.1. The van der Waals surface area contributed by atoms with E-state index in [1.165, 1.54) is 6.07 Å². The van der Waals surface area contributed by atoms with Gasteiger partial charge in [0.2, 0.25) is 5.91 Å². The fraction of sp³-hybridized carbons (Fsp3) is 0.529. The summed E-state index contributed by atoms with van der Waals surface area (Å²) in [5, 5.41) is 5.58. The van der Waals surface area contributed by atoms with E-state index in [0.29, 0.717) is 41.8 Å². The van der Waals surface area contributed by atoms with Crippen LogP contribution >= 0.6 is 11.6 Å². The van der Waals surface area contributed by atoms with Crippen LogP contribution in [-0.2, 0) is 4.79 Å². The topological polar surface area (TPSA) is 76.7 Å². The maximum absolute atomic E-state index is 12.4. The highest BCUT2D eigenvalue weighted by Gasteiger charge is 2.19. The molecule has 24 heavy (non-hydrogen) atoms. The Hall–Kier alpha value is -1.95. The van der Waals surface area contributed by atoms with Crippen LogP contribution < -0.4 is 20.1 Å². The van der Waals surface area contributed by atoms with Gasteiger partial charge in [0.25, 0.3) is 5.91 Å². The van der Waals surface area contributed by atoms with Crippen LogP contribution in [0.5, 0.6) is 11.5 Å². The van der Waals surface area contributed by atoms with E-state index in [1.54, 1.807) is 13.0 Å². The predicted molar refractivity (Wildman–Crippen MR) is 94.0 cm³/mol. The van der Waals surface area contributed by atoms with E-state index >= 15 is 0 Å². The van der Waals surface area contributed by atoms with Crippen molar-refractivity contribution in [2.75, 3.05) is 19.8 Å². The van der Waals surface area contributed by atoms with Gasteiger partial charge in [-0.3, -0.25) is 9.59 Å². The minimum atomic E-state index is -0.650. The number of nitrogens with one attached hydrogen (secondary N) is 2. The summed E-state index contributed by atoms with van der Waals surface area (Å²) in [6.07, 6.45) is 0.828. The molecule has 0 fully saturated rings. The second-order valence-corrected chi connectivity index (χ2v) is 5.56. The quantitative estimate of drug-likeness (QED) is 0.713. The zero-order valence-electron chi connectivity index (χ0n) is 14.6. The Balaban J connectivity index is 2.98. The molecule has 0 heterocycles. The molecule has 134 valence electrons. The highest BCUT2D eigenvalue weighted by molar-refractivity contribution is 6.32. The zero-order chi connectivity index (χ0) is 18.1. The van der Waals surface area contributed by atoms with Crippen LogP contribution in [0.4, 0.5) is 0 Å². The van der Waals surface area contributed by atoms with E-state index in [-0.39, 0.29) is 5.91 Å². The van der Waals surface area contributed by atoms with Gasteiger partial charge in [-0.15, -0.1) is 0 Å². The average Bonchev–Trinajstić information content (AvgIpc) is 2.54. The van der Waals surface area contributed by atoms with Crippen molar-refractivity contribution in [3.05, 3.63) is 22.7 Å². The van der Waals surface area contributed by atoms with Crippen molar-refractivity contribution in [2.24, 2.45) is 0 Å². The van der Waals surface area contributed by atoms with E-state index in [4.69, 9.17) is 21.1 Å². The zero-order valence-corrected chi connectivity index (χ0v) is 15.3. The number of carbonyl (C=O) groups excluding carboxylic acids is 2. The van der Waals surface area contributed by atoms with Crippen molar-refractivity contribution in [3.63, 3.8) is 0 Å². The van der Waals surface area contributed by atoms with E-state index < -0.39 is 11.9 Å². The van der Waals surface area contributed by atoms with Gasteiger partial charge in [0.15, 0.2) is 11.5 Å². The molecule has 0 aliphatic heterocycles. The number of hydrogen-bond acceptors (Lipinski definition) is 4. The molecule has 0 saturated carbocycles. The summed E-state index contributed by atoms with van der Waals surface area (Å²) in [5.74, 6) is 0.187. The minimum absolute atomic E-state index is 0.245. The molecule has 0 aliphatic carbocycles. The molecule has 0 bridgehead atoms. The van der Waals surface area contributed by atoms with Crippen molar-refractivity contribution in [3.8, 4) is 11.5 Å². The number of rotatable bonds is 9. The van der Waals surface area contributed by atoms with Crippen molar-refractivity contribution >= 4 is 23.4 Å². The highest BCUT2D eigenvalue weighted by Crippen LogP contribution is 2.36. The molecular formula is C17H25ClN2O4. The molecular weight excluding hydrogens is 332 g/mol. The van der Waals surface area contributed by atoms with Crippen molar-refractivity contribution in [1.82, 2.24) is 10.6 Å². The third-order valence-electron chi connectivity index (χ3n) is 3.11. The maximum atomic E-state index is 12.4. The van der Waals surface area contributed by atoms with Gasteiger partial charge in [-0.1, -0.05) is 18.5 Å². The molecule has 0 aliphatic rings. The van der Waals surface area contributed by atoms with Gasteiger partial charge in [-0.05, 0) is 39.3 Å². The van der Waals surface area contributed by atoms with Crippen LogP contribution in [0.3, 0.4) is 0 Å². The third kappa shape index (κ3) is 5.60. The highest BCUT2D eigenvalue weighted by atomic mass is 35.5. The molecule has 1 aromatic rings. The molecule has 0 spiro atoms. The van der Waals surface area contributed by atoms with Crippen LogP contribution in [0.1, 0.15) is 44.5 Å². The van der Waals surface area contributed by atoms with Crippen LogP contribution in [0.25, 0.3) is 0 Å². The lowest BCUT2D eigenvalue weighted by molar-refractivity contribution is -0.122. The molecule has 1 atom stereocenters. The van der Waals surface area contributed by atoms with E-state index in [9.17, 15) is 9.59 Å². The predicted octanol–water partition coefficient (Wildman–Crippen LogP) is 2.78. The Morgan fingerprint density at radius 3 is 2.50 bits per heavy atom. The van der Waals surface area contributed by atoms with Gasteiger partial charge in [0.05, 0.1) is 18.2 Å². The van der Waals surface area contributed by atoms with Gasteiger partial charge in [0.1, 0.15) is 6.04 Å². The number of amides is 2. The molecule has 1 rings (SSSR count). The molecule has 1 aromatic carbocycles. The number of likely N-dealkylation sites (N-methyl/N-ethyl adjacent to an activating group) is 1. The molecule has 0 radical (unpaired) electrons. The normalized spacial score (nSPS) is 11.5. The Morgan fingerprint density at radius 2 is 1.92 bits per heavy atom. The van der Waals surface area contributed by atoms with E-state index in [0.717, 1.165) is 6.42 Å². The Labute approximate surface area is 147 Å². The van der Waals surface area contributed by atoms with Gasteiger partial charge < -0.3 is 20.1 Å². The Kier molecular flexibility index (Phi) is 8.40. The number of halogens is 1. The summed E-state index contributed by atoms with van der Waals surface area (Å²) in [5.41, 5.74) is 0.309. The first-order valence-electron chi connectivity index (χ1n) is 8.12. The molecule has 2 amide bonds. The van der Waals surface area contributed by atoms with Crippen LogP contribution in [0.2, 0.25) is 5.02 Å². The number of hydrogen-bond donors (Lipinski definition) is 2. The summed E-state index contributed by atoms with van der Waals surface area (Å²) in [4.78, 5) is 24.1. The van der Waals surface area contributed by atoms with Gasteiger partial charge in [0, 0.05) is 12.1 Å². The van der Waals surface area contributed by atoms with Gasteiger partial charge in [-0.25, -0.2) is 0 Å². The maximum Gasteiger partial charge on any atom is 0.252 e. The van der Waals surface area contributed by atoms with Crippen LogP contribution in [0, 0.1) is 0 Å². The SMILES string of the molecule is CCCOc1c(Cl)cc(C(=O)N[C@@H](C)C(=O)NCC)cc1OCC. The summed E-state index contributed by atoms with van der Waals surface area (Å²) in [7, 11) is 0. The lowest BCUT2D eigenvalue weighted by atomic mass is 10.1. The Morgan fingerprint density at radius 1 is 1.21 bits per heavy atom. The second-order valence-electron chi connectivity index (χ2n) is 5.16. The van der Waals surface area contributed by atoms with Gasteiger partial charge >= 0.3 is 0 Å². The monoisotopic (exact) mass is 356 g/mol. The lowest BCUT2D eigenvalue weighted by Gasteiger charge is -2.16. The Bertz CT molecular complexity index is 578. The standard InChI is InChI=1S/C17H25ClN2O4/c1-5-8-24-15-13(18)9-12(10-14(15)23-7-3)17(22)20-11(4)16(21)19-6-2/h9-11H,5-8H2,1-4H3,(H,19,21)(H,20,22)/t11-/m0/s1. The summed E-state index contributed by atoms with van der Waals surface area (Å²) >= 11 is 6.23. The molecule has 6 nitrogen and oxygen atoms in total. The molecule has 7 heteroatoms. The molecule has 0 saturated heterocycles. The fourth-order valence-electron chi connectivity index (χ4n) is 1.98. The van der Waals surface area contributed by atoms with Crippen LogP contribution in [0.15, 0.2) is 12.1 Å². The van der Waals surface area contributed by atoms with Crippen molar-refractivity contribution in [2.45, 2.75) is 40.2 Å². The van der Waals surface area contributed by atoms with Crippen molar-refractivity contribution < 1.29 is 19.1 Å². The van der Waals surface area contributed by atoms with Crippen LogP contribution in [-0.4, -0.2) is 37.6 Å². The van der Waals surface area contributed by atoms with E-state index in [2.05, 4.69) is 10.6 Å². The average molecular weight is 357 g/mol. The first-order chi connectivity index (χ1) is 11.4. The largest absolute Gasteiger partial charge is 0.490 e. The van der Waals surface area contributed by atoms with Gasteiger partial charge in [-0.2, -0.15) is 0 Å². The lowest BCUT2D eigenvalue weighted by Crippen LogP contribution is -2.44. The second kappa shape index (κ2) is 10.0. The van der Waals surface area contributed by atoms with Crippen molar-refractivity contribution in [1.29, 1.82) is 0 Å². The smallest absolute Gasteiger partial charge is 0.252 e. The number of carbonyl (C=O) groups is 2. The first-order valence-corrected chi connectivity index (χ1v) is 8.50. The number of ether oxygens (including phenoxy) is 2. The fourth-order valence-corrected chi connectivity index (χ4v) is 2.24. The first kappa shape index (κ1) is 20.1. The van der Waals surface area contributed by atoms with E-state index in [1.807, 2.05) is 20.8 Å².